The fourth-order valence-electron chi connectivity index (χ4n) is 2.36. The summed E-state index contributed by atoms with van der Waals surface area (Å²) in [7, 11) is 0. The van der Waals surface area contributed by atoms with E-state index in [4.69, 9.17) is 0 Å². The zero-order valence-corrected chi connectivity index (χ0v) is 14.6. The minimum Gasteiger partial charge on any atom is -0.310 e. The number of aryl methyl sites for hydroxylation is 1. The van der Waals surface area contributed by atoms with E-state index in [1.807, 2.05) is 43.5 Å². The van der Waals surface area contributed by atoms with Crippen LogP contribution in [0.2, 0.25) is 0 Å². The van der Waals surface area contributed by atoms with Crippen molar-refractivity contribution >= 4 is 23.5 Å². The molecule has 0 radical (unpaired) electrons. The summed E-state index contributed by atoms with van der Waals surface area (Å²) in [5, 5.41) is 7.18. The average molecular weight is 355 g/mol. The second kappa shape index (κ2) is 7.35. The van der Waals surface area contributed by atoms with Gasteiger partial charge in [-0.2, -0.15) is 16.9 Å². The maximum Gasteiger partial charge on any atom is 0.275 e. The summed E-state index contributed by atoms with van der Waals surface area (Å²) in [5.41, 5.74) is 1.32. The van der Waals surface area contributed by atoms with Gasteiger partial charge in [0.05, 0.1) is 17.1 Å². The maximum absolute atomic E-state index is 12.5. The molecule has 25 heavy (non-hydrogen) atoms. The standard InChI is InChI=1S/C17H17N5O2S/c1-11-8-15(22(21-11)12-6-4-3-5-7-12)20-17(24)13-9-16(23)19-14(18-13)10-25-2/h3-9H,10H2,1-2H3,(H,20,24)(H,18,19,23). The lowest BCUT2D eigenvalue weighted by Crippen LogP contribution is -2.21. The van der Waals surface area contributed by atoms with E-state index in [2.05, 4.69) is 20.4 Å². The number of thioether (sulfide) groups is 1. The fraction of sp³-hybridized carbons (Fsp3) is 0.176. The number of anilines is 1. The second-order valence-corrected chi connectivity index (χ2v) is 6.25. The zero-order chi connectivity index (χ0) is 17.8. The summed E-state index contributed by atoms with van der Waals surface area (Å²) < 4.78 is 1.64. The van der Waals surface area contributed by atoms with Crippen molar-refractivity contribution in [3.63, 3.8) is 0 Å². The van der Waals surface area contributed by atoms with Crippen molar-refractivity contribution in [1.82, 2.24) is 19.7 Å². The number of hydrogen-bond donors (Lipinski definition) is 2. The van der Waals surface area contributed by atoms with Crippen LogP contribution < -0.4 is 10.9 Å². The molecular formula is C17H17N5O2S. The summed E-state index contributed by atoms with van der Waals surface area (Å²) in [4.78, 5) is 31.1. The molecular weight excluding hydrogens is 338 g/mol. The summed E-state index contributed by atoms with van der Waals surface area (Å²) in [6.45, 7) is 1.84. The fourth-order valence-corrected chi connectivity index (χ4v) is 2.77. The van der Waals surface area contributed by atoms with E-state index in [-0.39, 0.29) is 11.3 Å². The van der Waals surface area contributed by atoms with Crippen LogP contribution in [-0.2, 0) is 5.75 Å². The van der Waals surface area contributed by atoms with Gasteiger partial charge in [0.15, 0.2) is 0 Å². The number of carbonyl (C=O) groups excluding carboxylic acids is 1. The Balaban J connectivity index is 1.91. The number of hydrogen-bond acceptors (Lipinski definition) is 5. The van der Waals surface area contributed by atoms with Crippen LogP contribution in [0, 0.1) is 6.92 Å². The Morgan fingerprint density at radius 3 is 2.76 bits per heavy atom. The molecule has 2 heterocycles. The molecule has 3 rings (SSSR count). The molecule has 0 fully saturated rings. The Morgan fingerprint density at radius 1 is 1.28 bits per heavy atom. The number of carbonyl (C=O) groups is 1. The number of aromatic amines is 1. The highest BCUT2D eigenvalue weighted by Gasteiger charge is 2.15. The quantitative estimate of drug-likeness (QED) is 0.733. The van der Waals surface area contributed by atoms with Crippen molar-refractivity contribution in [2.24, 2.45) is 0 Å². The van der Waals surface area contributed by atoms with Gasteiger partial charge in [-0.05, 0) is 25.3 Å². The van der Waals surface area contributed by atoms with Crippen LogP contribution in [0.4, 0.5) is 5.82 Å². The van der Waals surface area contributed by atoms with Gasteiger partial charge in [0.25, 0.3) is 11.5 Å². The van der Waals surface area contributed by atoms with E-state index >= 15 is 0 Å². The summed E-state index contributed by atoms with van der Waals surface area (Å²) in [6.07, 6.45) is 1.90. The Kier molecular flexibility index (Phi) is 4.99. The van der Waals surface area contributed by atoms with Crippen molar-refractivity contribution in [1.29, 1.82) is 0 Å². The van der Waals surface area contributed by atoms with E-state index in [0.29, 0.717) is 17.4 Å². The third-order valence-electron chi connectivity index (χ3n) is 3.38. The lowest BCUT2D eigenvalue weighted by molar-refractivity contribution is 0.102. The van der Waals surface area contributed by atoms with Crippen LogP contribution in [0.1, 0.15) is 22.0 Å². The minimum absolute atomic E-state index is 0.0752. The van der Waals surface area contributed by atoms with Crippen molar-refractivity contribution in [3.8, 4) is 5.69 Å². The summed E-state index contributed by atoms with van der Waals surface area (Å²) >= 11 is 1.51. The number of benzene rings is 1. The first-order chi connectivity index (χ1) is 12.1. The molecule has 0 unspecified atom stereocenters. The number of aromatic nitrogens is 4. The molecule has 1 amide bonds. The molecule has 0 atom stereocenters. The highest BCUT2D eigenvalue weighted by Crippen LogP contribution is 2.17. The number of para-hydroxylation sites is 1. The lowest BCUT2D eigenvalue weighted by Gasteiger charge is -2.09. The number of H-pyrrole nitrogens is 1. The highest BCUT2D eigenvalue weighted by atomic mass is 32.2. The van der Waals surface area contributed by atoms with Gasteiger partial charge in [0, 0.05) is 12.1 Å². The van der Waals surface area contributed by atoms with Crippen molar-refractivity contribution in [2.75, 3.05) is 11.6 Å². The number of nitrogens with zero attached hydrogens (tertiary/aromatic N) is 3. The first-order valence-corrected chi connectivity index (χ1v) is 8.99. The van der Waals surface area contributed by atoms with Gasteiger partial charge in [-0.15, -0.1) is 0 Å². The van der Waals surface area contributed by atoms with Gasteiger partial charge in [-0.1, -0.05) is 18.2 Å². The average Bonchev–Trinajstić information content (AvgIpc) is 2.96. The normalized spacial score (nSPS) is 10.6. The predicted molar refractivity (Wildman–Crippen MR) is 98.3 cm³/mol. The monoisotopic (exact) mass is 355 g/mol. The summed E-state index contributed by atoms with van der Waals surface area (Å²) in [5.74, 6) is 1.06. The molecule has 1 aromatic carbocycles. The molecule has 8 heteroatoms. The molecule has 0 aliphatic carbocycles. The zero-order valence-electron chi connectivity index (χ0n) is 13.8. The SMILES string of the molecule is CSCc1nc(C(=O)Nc2cc(C)nn2-c2ccccc2)cc(=O)[nH]1. The Labute approximate surface area is 148 Å². The Morgan fingerprint density at radius 2 is 2.04 bits per heavy atom. The number of nitrogens with one attached hydrogen (secondary N) is 2. The van der Waals surface area contributed by atoms with Crippen molar-refractivity contribution in [2.45, 2.75) is 12.7 Å². The Hall–Kier alpha value is -2.87. The molecule has 0 spiro atoms. The van der Waals surface area contributed by atoms with Gasteiger partial charge < -0.3 is 10.3 Å². The topological polar surface area (TPSA) is 92.7 Å². The third-order valence-corrected chi connectivity index (χ3v) is 3.94. The molecule has 2 aromatic heterocycles. The van der Waals surface area contributed by atoms with Crippen LogP contribution in [0.5, 0.6) is 0 Å². The number of rotatable bonds is 5. The van der Waals surface area contributed by atoms with Crippen LogP contribution >= 0.6 is 11.8 Å². The smallest absolute Gasteiger partial charge is 0.275 e. The van der Waals surface area contributed by atoms with E-state index in [1.165, 1.54) is 17.8 Å². The molecule has 3 aromatic rings. The Bertz CT molecular complexity index is 949. The largest absolute Gasteiger partial charge is 0.310 e. The van der Waals surface area contributed by atoms with Crippen molar-refractivity contribution in [3.05, 3.63) is 70.0 Å². The molecule has 7 nitrogen and oxygen atoms in total. The van der Waals surface area contributed by atoms with Gasteiger partial charge >= 0.3 is 0 Å². The lowest BCUT2D eigenvalue weighted by atomic mass is 10.3. The van der Waals surface area contributed by atoms with Crippen LogP contribution in [0.3, 0.4) is 0 Å². The number of amides is 1. The molecule has 0 aliphatic rings. The van der Waals surface area contributed by atoms with Crippen LogP contribution in [-0.4, -0.2) is 31.9 Å². The first kappa shape index (κ1) is 17.0. The van der Waals surface area contributed by atoms with E-state index in [9.17, 15) is 9.59 Å². The highest BCUT2D eigenvalue weighted by molar-refractivity contribution is 7.97. The van der Waals surface area contributed by atoms with Gasteiger partial charge in [0.1, 0.15) is 17.3 Å². The third kappa shape index (κ3) is 3.97. The molecule has 2 N–H and O–H groups in total. The molecule has 0 saturated carbocycles. The van der Waals surface area contributed by atoms with E-state index in [1.54, 1.807) is 10.7 Å². The van der Waals surface area contributed by atoms with Crippen LogP contribution in [0.15, 0.2) is 47.3 Å². The predicted octanol–water partition coefficient (Wildman–Crippen LogP) is 2.38. The molecule has 128 valence electrons. The molecule has 0 aliphatic heterocycles. The minimum atomic E-state index is -0.453. The van der Waals surface area contributed by atoms with Crippen LogP contribution in [0.25, 0.3) is 5.69 Å². The summed E-state index contributed by atoms with van der Waals surface area (Å²) in [6, 6.07) is 12.4. The first-order valence-electron chi connectivity index (χ1n) is 7.59. The molecule has 0 bridgehead atoms. The van der Waals surface area contributed by atoms with Gasteiger partial charge in [-0.3, -0.25) is 9.59 Å². The second-order valence-electron chi connectivity index (χ2n) is 5.38. The van der Waals surface area contributed by atoms with E-state index < -0.39 is 5.91 Å². The van der Waals surface area contributed by atoms with Gasteiger partial charge in [0.2, 0.25) is 0 Å². The maximum atomic E-state index is 12.5. The van der Waals surface area contributed by atoms with E-state index in [0.717, 1.165) is 11.4 Å². The van der Waals surface area contributed by atoms with Gasteiger partial charge in [-0.25, -0.2) is 9.67 Å². The van der Waals surface area contributed by atoms with Crippen molar-refractivity contribution < 1.29 is 4.79 Å². The molecule has 0 saturated heterocycles.